The number of rotatable bonds is 7. The Morgan fingerprint density at radius 3 is 2.48 bits per heavy atom. The van der Waals surface area contributed by atoms with Crippen LogP contribution < -0.4 is 10.6 Å². The minimum absolute atomic E-state index is 0.0672. The summed E-state index contributed by atoms with van der Waals surface area (Å²) in [6.07, 6.45) is 0.843. The molecule has 0 saturated carbocycles. The lowest BCUT2D eigenvalue weighted by Crippen LogP contribution is -2.30. The Kier molecular flexibility index (Phi) is 6.63. The molecule has 23 heavy (non-hydrogen) atoms. The van der Waals surface area contributed by atoms with Gasteiger partial charge in [0.05, 0.1) is 6.10 Å². The predicted octanol–water partition coefficient (Wildman–Crippen LogP) is 4.28. The third-order valence-electron chi connectivity index (χ3n) is 3.55. The van der Waals surface area contributed by atoms with Crippen LogP contribution in [0.4, 0.5) is 10.5 Å². The van der Waals surface area contributed by atoms with E-state index in [9.17, 15) is 4.79 Å². The first kappa shape index (κ1) is 17.0. The highest BCUT2D eigenvalue weighted by Crippen LogP contribution is 2.15. The van der Waals surface area contributed by atoms with Crippen molar-refractivity contribution >= 4 is 11.7 Å². The quantitative estimate of drug-likeness (QED) is 0.750. The number of aryl methyl sites for hydroxylation is 1. The summed E-state index contributed by atoms with van der Waals surface area (Å²) in [6, 6.07) is 17.6. The molecule has 0 aromatic heterocycles. The van der Waals surface area contributed by atoms with Gasteiger partial charge in [0.2, 0.25) is 0 Å². The van der Waals surface area contributed by atoms with Gasteiger partial charge in [-0.2, -0.15) is 0 Å². The van der Waals surface area contributed by atoms with Gasteiger partial charge in [0, 0.05) is 18.8 Å². The molecule has 4 nitrogen and oxygen atoms in total. The maximum Gasteiger partial charge on any atom is 0.319 e. The van der Waals surface area contributed by atoms with Crippen molar-refractivity contribution in [1.82, 2.24) is 5.32 Å². The Morgan fingerprint density at radius 2 is 1.78 bits per heavy atom. The molecule has 0 bridgehead atoms. The molecule has 0 aliphatic rings. The Labute approximate surface area is 137 Å². The molecule has 122 valence electrons. The molecule has 0 fully saturated rings. The maximum atomic E-state index is 11.8. The Balaban J connectivity index is 1.60. The van der Waals surface area contributed by atoms with Crippen molar-refractivity contribution in [2.24, 2.45) is 0 Å². The first-order chi connectivity index (χ1) is 11.1. The van der Waals surface area contributed by atoms with E-state index in [4.69, 9.17) is 4.74 Å². The smallest absolute Gasteiger partial charge is 0.319 e. The Morgan fingerprint density at radius 1 is 1.09 bits per heavy atom. The highest BCUT2D eigenvalue weighted by molar-refractivity contribution is 5.89. The van der Waals surface area contributed by atoms with Crippen LogP contribution in [0.25, 0.3) is 0 Å². The predicted molar refractivity (Wildman–Crippen MR) is 93.6 cm³/mol. The molecule has 1 unspecified atom stereocenters. The van der Waals surface area contributed by atoms with Gasteiger partial charge in [0.15, 0.2) is 0 Å². The average molecular weight is 312 g/mol. The molecule has 1 atom stereocenters. The van der Waals surface area contributed by atoms with Gasteiger partial charge in [-0.3, -0.25) is 0 Å². The van der Waals surface area contributed by atoms with Crippen molar-refractivity contribution in [1.29, 1.82) is 0 Å². The van der Waals surface area contributed by atoms with E-state index in [1.165, 1.54) is 5.56 Å². The molecule has 0 aliphatic carbocycles. The molecule has 0 saturated heterocycles. The van der Waals surface area contributed by atoms with Gasteiger partial charge in [-0.05, 0) is 38.0 Å². The van der Waals surface area contributed by atoms with Crippen LogP contribution in [0.5, 0.6) is 0 Å². The second-order valence-corrected chi connectivity index (χ2v) is 5.52. The highest BCUT2D eigenvalue weighted by Gasteiger charge is 2.05. The second-order valence-electron chi connectivity index (χ2n) is 5.52. The summed E-state index contributed by atoms with van der Waals surface area (Å²) in [6.45, 7) is 5.24. The molecule has 0 heterocycles. The number of anilines is 1. The van der Waals surface area contributed by atoms with Crippen molar-refractivity contribution in [3.8, 4) is 0 Å². The standard InChI is InChI=1S/C19H24N2O2/c1-15-9-11-18(12-10-15)21-19(22)20-13-6-14-23-16(2)17-7-4-3-5-8-17/h3-5,7-12,16H,6,13-14H2,1-2H3,(H2,20,21,22). The molecule has 0 aliphatic heterocycles. The monoisotopic (exact) mass is 312 g/mol. The van der Waals surface area contributed by atoms with E-state index in [1.807, 2.05) is 56.3 Å². The van der Waals surface area contributed by atoms with Crippen LogP contribution in [0.1, 0.15) is 30.6 Å². The normalized spacial score (nSPS) is 11.7. The van der Waals surface area contributed by atoms with Crippen LogP contribution in [0.15, 0.2) is 54.6 Å². The zero-order valence-electron chi connectivity index (χ0n) is 13.7. The van der Waals surface area contributed by atoms with Gasteiger partial charge in [0.25, 0.3) is 0 Å². The van der Waals surface area contributed by atoms with Crippen LogP contribution in [0.3, 0.4) is 0 Å². The van der Waals surface area contributed by atoms with E-state index in [2.05, 4.69) is 22.8 Å². The number of nitrogens with one attached hydrogen (secondary N) is 2. The number of ether oxygens (including phenoxy) is 1. The summed E-state index contributed by atoms with van der Waals surface area (Å²) < 4.78 is 5.77. The fourth-order valence-electron chi connectivity index (χ4n) is 2.17. The van der Waals surface area contributed by atoms with Crippen molar-refractivity contribution in [2.75, 3.05) is 18.5 Å². The van der Waals surface area contributed by atoms with Gasteiger partial charge >= 0.3 is 6.03 Å². The third-order valence-corrected chi connectivity index (χ3v) is 3.55. The van der Waals surface area contributed by atoms with Gasteiger partial charge in [-0.1, -0.05) is 48.0 Å². The van der Waals surface area contributed by atoms with Gasteiger partial charge in [-0.15, -0.1) is 0 Å². The zero-order valence-corrected chi connectivity index (χ0v) is 13.7. The van der Waals surface area contributed by atoms with Crippen LogP contribution in [0, 0.1) is 6.92 Å². The van der Waals surface area contributed by atoms with E-state index in [0.717, 1.165) is 17.7 Å². The first-order valence-corrected chi connectivity index (χ1v) is 7.93. The summed E-state index contributed by atoms with van der Waals surface area (Å²) in [5.41, 5.74) is 3.13. The second kappa shape index (κ2) is 8.96. The topological polar surface area (TPSA) is 50.4 Å². The summed E-state index contributed by atoms with van der Waals surface area (Å²) >= 11 is 0. The third kappa shape index (κ3) is 6.12. The van der Waals surface area contributed by atoms with Gasteiger partial charge < -0.3 is 15.4 Å². The number of amides is 2. The minimum atomic E-state index is -0.190. The molecular weight excluding hydrogens is 288 g/mol. The first-order valence-electron chi connectivity index (χ1n) is 7.93. The van der Waals surface area contributed by atoms with Crippen molar-refractivity contribution in [2.45, 2.75) is 26.4 Å². The number of carbonyl (C=O) groups excluding carboxylic acids is 1. The number of urea groups is 1. The SMILES string of the molecule is Cc1ccc(NC(=O)NCCCOC(C)c2ccccc2)cc1. The van der Waals surface area contributed by atoms with Crippen molar-refractivity contribution in [3.05, 3.63) is 65.7 Å². The number of hydrogen-bond acceptors (Lipinski definition) is 2. The van der Waals surface area contributed by atoms with Crippen LogP contribution >= 0.6 is 0 Å². The van der Waals surface area contributed by atoms with Crippen molar-refractivity contribution < 1.29 is 9.53 Å². The molecular formula is C19H24N2O2. The lowest BCUT2D eigenvalue weighted by Gasteiger charge is -2.13. The number of benzene rings is 2. The highest BCUT2D eigenvalue weighted by atomic mass is 16.5. The van der Waals surface area contributed by atoms with Crippen LogP contribution in [-0.2, 0) is 4.74 Å². The summed E-state index contributed by atoms with van der Waals surface area (Å²) in [5, 5.41) is 5.63. The van der Waals surface area contributed by atoms with E-state index >= 15 is 0 Å². The average Bonchev–Trinajstić information content (AvgIpc) is 2.57. The van der Waals surface area contributed by atoms with Crippen molar-refractivity contribution in [3.63, 3.8) is 0 Å². The Hall–Kier alpha value is -2.33. The van der Waals surface area contributed by atoms with Gasteiger partial charge in [0.1, 0.15) is 0 Å². The zero-order chi connectivity index (χ0) is 16.5. The van der Waals surface area contributed by atoms with E-state index in [-0.39, 0.29) is 12.1 Å². The Bertz CT molecular complexity index is 597. The molecule has 2 N–H and O–H groups in total. The summed E-state index contributed by atoms with van der Waals surface area (Å²) in [5.74, 6) is 0. The van der Waals surface area contributed by atoms with E-state index < -0.39 is 0 Å². The molecule has 2 amide bonds. The van der Waals surface area contributed by atoms with E-state index in [0.29, 0.717) is 13.2 Å². The molecule has 4 heteroatoms. The summed E-state index contributed by atoms with van der Waals surface area (Å²) in [4.78, 5) is 11.8. The minimum Gasteiger partial charge on any atom is -0.374 e. The fourth-order valence-corrected chi connectivity index (χ4v) is 2.17. The molecule has 2 aromatic carbocycles. The lowest BCUT2D eigenvalue weighted by molar-refractivity contribution is 0.0644. The van der Waals surface area contributed by atoms with Gasteiger partial charge in [-0.25, -0.2) is 4.79 Å². The van der Waals surface area contributed by atoms with E-state index in [1.54, 1.807) is 0 Å². The molecule has 2 aromatic rings. The van der Waals surface area contributed by atoms with Crippen LogP contribution in [-0.4, -0.2) is 19.2 Å². The fraction of sp³-hybridized carbons (Fsp3) is 0.316. The maximum absolute atomic E-state index is 11.8. The molecule has 0 spiro atoms. The largest absolute Gasteiger partial charge is 0.374 e. The lowest BCUT2D eigenvalue weighted by atomic mass is 10.1. The van der Waals surface area contributed by atoms with Crippen LogP contribution in [0.2, 0.25) is 0 Å². The number of hydrogen-bond donors (Lipinski definition) is 2. The number of carbonyl (C=O) groups is 1. The summed E-state index contributed by atoms with van der Waals surface area (Å²) in [7, 11) is 0. The molecule has 0 radical (unpaired) electrons. The molecule has 2 rings (SSSR count).